The van der Waals surface area contributed by atoms with Gasteiger partial charge in [0.25, 0.3) is 0 Å². The van der Waals surface area contributed by atoms with Gasteiger partial charge in [0, 0.05) is 21.9 Å². The lowest BCUT2D eigenvalue weighted by Crippen LogP contribution is -2.01. The first-order valence-corrected chi connectivity index (χ1v) is 19.2. The second-order valence-corrected chi connectivity index (χ2v) is 14.2. The predicted molar refractivity (Wildman–Crippen MR) is 236 cm³/mol. The Balaban J connectivity index is 1.29. The van der Waals surface area contributed by atoms with Gasteiger partial charge in [-0.25, -0.2) is 19.8 Å². The van der Waals surface area contributed by atoms with Crippen LogP contribution in [0.1, 0.15) is 5.56 Å². The maximum atomic E-state index is 10.2. The number of rotatable bonds is 7. The number of para-hydroxylation sites is 2. The highest BCUT2D eigenvalue weighted by atomic mass is 16.3. The molecule has 2 aromatic heterocycles. The lowest BCUT2D eigenvalue weighted by molar-refractivity contribution is 0.669. The molecule has 2 heterocycles. The molecule has 0 aliphatic rings. The molecule has 59 heavy (non-hydrogen) atoms. The molecular weight excluding hydrogens is 723 g/mol. The van der Waals surface area contributed by atoms with Crippen LogP contribution < -0.4 is 0 Å². The smallest absolute Gasteiger partial charge is 0.194 e. The Hall–Kier alpha value is -8.45. The lowest BCUT2D eigenvalue weighted by atomic mass is 9.89. The molecule has 0 atom stereocenters. The minimum absolute atomic E-state index is 0.449. The molecule has 6 heteroatoms. The molecule has 0 bridgehead atoms. The Morgan fingerprint density at radius 2 is 1.00 bits per heavy atom. The zero-order chi connectivity index (χ0) is 39.7. The molecule has 0 spiro atoms. The van der Waals surface area contributed by atoms with Crippen LogP contribution in [0.15, 0.2) is 192 Å². The molecule has 0 aliphatic carbocycles. The van der Waals surface area contributed by atoms with Crippen molar-refractivity contribution in [3.05, 3.63) is 205 Å². The van der Waals surface area contributed by atoms with E-state index in [0.29, 0.717) is 39.9 Å². The van der Waals surface area contributed by atoms with Crippen molar-refractivity contribution < 1.29 is 4.42 Å². The summed E-state index contributed by atoms with van der Waals surface area (Å²) in [5, 5.41) is 12.1. The van der Waals surface area contributed by atoms with E-state index >= 15 is 0 Å². The molecule has 8 aromatic carbocycles. The first-order chi connectivity index (χ1) is 29.1. The average Bonchev–Trinajstić information content (AvgIpc) is 3.70. The SMILES string of the molecule is [C-]#[N+]c1ccccc1-c1cc(-c2ccccc2C#N)cc(-c2ccc3c(oc4ccccc43)c2-c2nc(-c3ccccc3)nc(-c3cccc(-c4ccccc4)c3)n2)c1. The van der Waals surface area contributed by atoms with Crippen LogP contribution in [0.3, 0.4) is 0 Å². The van der Waals surface area contributed by atoms with Crippen molar-refractivity contribution in [3.63, 3.8) is 0 Å². The second kappa shape index (κ2) is 14.9. The first kappa shape index (κ1) is 35.0. The van der Waals surface area contributed by atoms with Crippen LogP contribution in [0, 0.1) is 17.9 Å². The van der Waals surface area contributed by atoms with Gasteiger partial charge in [-0.1, -0.05) is 146 Å². The summed E-state index contributed by atoms with van der Waals surface area (Å²) in [7, 11) is 0. The van der Waals surface area contributed by atoms with Crippen molar-refractivity contribution in [1.29, 1.82) is 5.26 Å². The molecule has 0 N–H and O–H groups in total. The normalized spacial score (nSPS) is 11.0. The summed E-state index contributed by atoms with van der Waals surface area (Å²) in [4.78, 5) is 19.5. The molecule has 0 fully saturated rings. The summed E-state index contributed by atoms with van der Waals surface area (Å²) in [6.45, 7) is 8.01. The zero-order valence-electron chi connectivity index (χ0n) is 31.5. The molecule has 6 nitrogen and oxygen atoms in total. The van der Waals surface area contributed by atoms with Crippen molar-refractivity contribution in [2.75, 3.05) is 0 Å². The minimum atomic E-state index is 0.449. The number of fused-ring (bicyclic) bond motifs is 3. The fourth-order valence-electron chi connectivity index (χ4n) is 7.79. The average molecular weight is 754 g/mol. The second-order valence-electron chi connectivity index (χ2n) is 14.2. The number of aromatic nitrogens is 3. The third kappa shape index (κ3) is 6.47. The van der Waals surface area contributed by atoms with Gasteiger partial charge in [-0.15, -0.1) is 0 Å². The Morgan fingerprint density at radius 1 is 0.441 bits per heavy atom. The largest absolute Gasteiger partial charge is 0.455 e. The van der Waals surface area contributed by atoms with Gasteiger partial charge in [-0.05, 0) is 87.0 Å². The van der Waals surface area contributed by atoms with Crippen molar-refractivity contribution in [2.24, 2.45) is 0 Å². The van der Waals surface area contributed by atoms with Crippen molar-refractivity contribution in [2.45, 2.75) is 0 Å². The quantitative estimate of drug-likeness (QED) is 0.151. The van der Waals surface area contributed by atoms with E-state index in [-0.39, 0.29) is 0 Å². The molecule has 0 saturated carbocycles. The Bertz CT molecular complexity index is 3230. The third-order valence-corrected chi connectivity index (χ3v) is 10.6. The van der Waals surface area contributed by atoms with Crippen LogP contribution in [-0.4, -0.2) is 15.0 Å². The zero-order valence-corrected chi connectivity index (χ0v) is 31.5. The number of nitrogens with zero attached hydrogens (tertiary/aromatic N) is 5. The van der Waals surface area contributed by atoms with Crippen LogP contribution in [0.25, 0.3) is 105 Å². The van der Waals surface area contributed by atoms with E-state index in [1.165, 1.54) is 0 Å². The van der Waals surface area contributed by atoms with Crippen LogP contribution >= 0.6 is 0 Å². The monoisotopic (exact) mass is 753 g/mol. The third-order valence-electron chi connectivity index (χ3n) is 10.6. The summed E-state index contributed by atoms with van der Waals surface area (Å²) in [6, 6.07) is 64.5. The standard InChI is InChI=1S/C53H31N5O/c1-55-47-25-12-10-23-43(47)40-30-39(42-22-9-8-19-38(42)33-54)31-41(32-40)44-27-28-46-45-24-11-13-26-48(45)59-50(46)49(44)53-57-51(35-17-6-3-7-18-35)56-52(58-53)37-21-14-20-36(29-37)34-15-4-2-5-16-34/h2-32H. The maximum Gasteiger partial charge on any atom is 0.194 e. The van der Waals surface area contributed by atoms with Crippen molar-refractivity contribution in [1.82, 2.24) is 15.0 Å². The van der Waals surface area contributed by atoms with Gasteiger partial charge >= 0.3 is 0 Å². The molecule has 0 aliphatic heterocycles. The van der Waals surface area contributed by atoms with Crippen LogP contribution in [0.4, 0.5) is 5.69 Å². The summed E-state index contributed by atoms with van der Waals surface area (Å²) >= 11 is 0. The summed E-state index contributed by atoms with van der Waals surface area (Å²) < 4.78 is 6.79. The van der Waals surface area contributed by atoms with Gasteiger partial charge < -0.3 is 4.42 Å². The van der Waals surface area contributed by atoms with E-state index < -0.39 is 0 Å². The van der Waals surface area contributed by atoms with E-state index in [0.717, 1.165) is 72.0 Å². The maximum absolute atomic E-state index is 10.2. The predicted octanol–water partition coefficient (Wildman–Crippen LogP) is 13.9. The number of furan rings is 1. The van der Waals surface area contributed by atoms with Gasteiger partial charge in [0.1, 0.15) is 11.2 Å². The lowest BCUT2D eigenvalue weighted by Gasteiger charge is -2.16. The van der Waals surface area contributed by atoms with Crippen LogP contribution in [0.5, 0.6) is 0 Å². The van der Waals surface area contributed by atoms with E-state index in [1.54, 1.807) is 0 Å². The molecular formula is C53H31N5O. The van der Waals surface area contributed by atoms with Crippen LogP contribution in [0.2, 0.25) is 0 Å². The van der Waals surface area contributed by atoms with Gasteiger partial charge in [0.15, 0.2) is 23.2 Å². The van der Waals surface area contributed by atoms with E-state index in [9.17, 15) is 5.26 Å². The number of nitriles is 1. The molecule has 10 rings (SSSR count). The number of hydrogen-bond acceptors (Lipinski definition) is 5. The van der Waals surface area contributed by atoms with Gasteiger partial charge in [0.05, 0.1) is 23.8 Å². The summed E-state index contributed by atoms with van der Waals surface area (Å²) in [5.74, 6) is 1.50. The van der Waals surface area contributed by atoms with E-state index in [2.05, 4.69) is 71.6 Å². The summed E-state index contributed by atoms with van der Waals surface area (Å²) in [5.41, 5.74) is 11.9. The molecule has 0 unspecified atom stereocenters. The van der Waals surface area contributed by atoms with Gasteiger partial charge in [0.2, 0.25) is 0 Å². The topological polar surface area (TPSA) is 80.0 Å². The van der Waals surface area contributed by atoms with Crippen molar-refractivity contribution in [3.8, 4) is 84.7 Å². The van der Waals surface area contributed by atoms with E-state index in [1.807, 2.05) is 127 Å². The Labute approximate surface area is 340 Å². The fourth-order valence-corrected chi connectivity index (χ4v) is 7.79. The van der Waals surface area contributed by atoms with Gasteiger partial charge in [-0.2, -0.15) is 5.26 Å². The number of hydrogen-bond donors (Lipinski definition) is 0. The van der Waals surface area contributed by atoms with Gasteiger partial charge in [-0.3, -0.25) is 0 Å². The molecule has 0 saturated heterocycles. The highest BCUT2D eigenvalue weighted by Crippen LogP contribution is 2.45. The van der Waals surface area contributed by atoms with Crippen LogP contribution in [-0.2, 0) is 0 Å². The molecule has 0 amide bonds. The molecule has 274 valence electrons. The minimum Gasteiger partial charge on any atom is -0.455 e. The first-order valence-electron chi connectivity index (χ1n) is 19.2. The highest BCUT2D eigenvalue weighted by molar-refractivity contribution is 6.12. The summed E-state index contributed by atoms with van der Waals surface area (Å²) in [6.07, 6.45) is 0. The molecule has 0 radical (unpaired) electrons. The highest BCUT2D eigenvalue weighted by Gasteiger charge is 2.23. The fraction of sp³-hybridized carbons (Fsp3) is 0. The van der Waals surface area contributed by atoms with E-state index in [4.69, 9.17) is 25.9 Å². The number of benzene rings is 8. The Morgan fingerprint density at radius 3 is 1.76 bits per heavy atom. The Kier molecular flexibility index (Phi) is 8.84. The molecule has 10 aromatic rings. The van der Waals surface area contributed by atoms with Crippen molar-refractivity contribution >= 4 is 27.6 Å².